The van der Waals surface area contributed by atoms with Crippen molar-refractivity contribution in [3.63, 3.8) is 0 Å². The van der Waals surface area contributed by atoms with Crippen molar-refractivity contribution in [3.05, 3.63) is 17.7 Å². The molecule has 1 saturated heterocycles. The number of carbonyl (C=O) groups is 1. The van der Waals surface area contributed by atoms with E-state index < -0.39 is 10.0 Å². The molecule has 2 rings (SSSR count). The van der Waals surface area contributed by atoms with Gasteiger partial charge in [-0.1, -0.05) is 0 Å². The minimum Gasteiger partial charge on any atom is -0.493 e. The van der Waals surface area contributed by atoms with Crippen molar-refractivity contribution in [2.24, 2.45) is 5.92 Å². The van der Waals surface area contributed by atoms with Crippen LogP contribution in [0.5, 0.6) is 17.2 Å². The number of nitrogens with zero attached hydrogens (tertiary/aromatic N) is 1. The summed E-state index contributed by atoms with van der Waals surface area (Å²) in [6.45, 7) is 2.57. The fourth-order valence-electron chi connectivity index (χ4n) is 3.22. The summed E-state index contributed by atoms with van der Waals surface area (Å²) in [6.07, 6.45) is 1.35. The molecule has 0 aromatic heterocycles. The first kappa shape index (κ1) is 21.3. The SMILES string of the molecule is CCS(=O)(=O)N1CCC[C@@H](C(=O)NCc2ccc(OC)c(OC)c2OC)C1. The van der Waals surface area contributed by atoms with Crippen LogP contribution in [0.2, 0.25) is 0 Å². The molecule has 0 saturated carbocycles. The van der Waals surface area contributed by atoms with Crippen molar-refractivity contribution in [3.8, 4) is 17.2 Å². The lowest BCUT2D eigenvalue weighted by Gasteiger charge is -2.31. The summed E-state index contributed by atoms with van der Waals surface area (Å²) in [4.78, 5) is 12.6. The summed E-state index contributed by atoms with van der Waals surface area (Å²) < 4.78 is 41.6. The van der Waals surface area contributed by atoms with Crippen molar-refractivity contribution in [2.45, 2.75) is 26.3 Å². The highest BCUT2D eigenvalue weighted by atomic mass is 32.2. The summed E-state index contributed by atoms with van der Waals surface area (Å²) in [7, 11) is 1.31. The van der Waals surface area contributed by atoms with Crippen LogP contribution in [0.25, 0.3) is 0 Å². The van der Waals surface area contributed by atoms with Gasteiger partial charge in [-0.2, -0.15) is 0 Å². The Kier molecular flexibility index (Phi) is 7.32. The number of carbonyl (C=O) groups excluding carboxylic acids is 1. The molecule has 1 amide bonds. The second-order valence-corrected chi connectivity index (χ2v) is 8.57. The van der Waals surface area contributed by atoms with Crippen LogP contribution >= 0.6 is 0 Å². The van der Waals surface area contributed by atoms with Gasteiger partial charge in [0.15, 0.2) is 11.5 Å². The van der Waals surface area contributed by atoms with E-state index in [1.807, 2.05) is 0 Å². The number of sulfonamides is 1. The Morgan fingerprint density at radius 2 is 1.89 bits per heavy atom. The van der Waals surface area contributed by atoms with Crippen LogP contribution in [-0.4, -0.2) is 58.8 Å². The number of amides is 1. The molecule has 0 bridgehead atoms. The van der Waals surface area contributed by atoms with Crippen LogP contribution in [-0.2, 0) is 21.4 Å². The predicted molar refractivity (Wildman–Crippen MR) is 102 cm³/mol. The second kappa shape index (κ2) is 9.27. The van der Waals surface area contributed by atoms with Crippen LogP contribution in [0.1, 0.15) is 25.3 Å². The molecule has 9 heteroatoms. The number of nitrogens with one attached hydrogen (secondary N) is 1. The van der Waals surface area contributed by atoms with Gasteiger partial charge in [-0.15, -0.1) is 0 Å². The third-order valence-electron chi connectivity index (χ3n) is 4.75. The topological polar surface area (TPSA) is 94.2 Å². The highest BCUT2D eigenvalue weighted by molar-refractivity contribution is 7.89. The van der Waals surface area contributed by atoms with Crippen LogP contribution < -0.4 is 19.5 Å². The Hall–Kier alpha value is -2.00. The first-order valence-corrected chi connectivity index (χ1v) is 10.5. The molecular formula is C18H28N2O6S. The number of benzene rings is 1. The lowest BCUT2D eigenvalue weighted by Crippen LogP contribution is -2.45. The van der Waals surface area contributed by atoms with Crippen LogP contribution in [0.3, 0.4) is 0 Å². The van der Waals surface area contributed by atoms with Crippen LogP contribution in [0.4, 0.5) is 0 Å². The Labute approximate surface area is 160 Å². The fraction of sp³-hybridized carbons (Fsp3) is 0.611. The van der Waals surface area contributed by atoms with Crippen LogP contribution in [0.15, 0.2) is 12.1 Å². The number of piperidine rings is 1. The van der Waals surface area contributed by atoms with Crippen LogP contribution in [0, 0.1) is 5.92 Å². The molecule has 0 spiro atoms. The minimum absolute atomic E-state index is 0.0458. The molecule has 0 unspecified atom stereocenters. The summed E-state index contributed by atoms with van der Waals surface area (Å²) >= 11 is 0. The van der Waals surface area contributed by atoms with Crippen molar-refractivity contribution in [1.82, 2.24) is 9.62 Å². The van der Waals surface area contributed by atoms with Gasteiger partial charge in [-0.25, -0.2) is 12.7 Å². The number of hydrogen-bond donors (Lipinski definition) is 1. The minimum atomic E-state index is -3.28. The first-order chi connectivity index (χ1) is 12.9. The molecule has 27 heavy (non-hydrogen) atoms. The Morgan fingerprint density at radius 3 is 2.48 bits per heavy atom. The van der Waals surface area contributed by atoms with E-state index in [1.165, 1.54) is 25.6 Å². The monoisotopic (exact) mass is 400 g/mol. The summed E-state index contributed by atoms with van der Waals surface area (Å²) in [5, 5.41) is 2.89. The van der Waals surface area contributed by atoms with Crippen molar-refractivity contribution < 1.29 is 27.4 Å². The molecule has 0 aliphatic carbocycles. The van der Waals surface area contributed by atoms with E-state index in [-0.39, 0.29) is 30.7 Å². The zero-order valence-electron chi connectivity index (χ0n) is 16.3. The quantitative estimate of drug-likeness (QED) is 0.709. The largest absolute Gasteiger partial charge is 0.493 e. The Bertz CT molecular complexity index is 765. The first-order valence-electron chi connectivity index (χ1n) is 8.91. The maximum Gasteiger partial charge on any atom is 0.224 e. The molecule has 152 valence electrons. The summed E-state index contributed by atoms with van der Waals surface area (Å²) in [5.74, 6) is 1.02. The second-order valence-electron chi connectivity index (χ2n) is 6.31. The fourth-order valence-corrected chi connectivity index (χ4v) is 4.40. The van der Waals surface area contributed by atoms with E-state index in [1.54, 1.807) is 19.1 Å². The smallest absolute Gasteiger partial charge is 0.224 e. The van der Waals surface area contributed by atoms with E-state index in [2.05, 4.69) is 5.32 Å². The van der Waals surface area contributed by atoms with Gasteiger partial charge in [0.1, 0.15) is 0 Å². The van der Waals surface area contributed by atoms with Gasteiger partial charge < -0.3 is 19.5 Å². The molecule has 0 radical (unpaired) electrons. The summed E-state index contributed by atoms with van der Waals surface area (Å²) in [5.41, 5.74) is 0.748. The average molecular weight is 400 g/mol. The molecule has 1 aromatic rings. The molecule has 8 nitrogen and oxygen atoms in total. The Morgan fingerprint density at radius 1 is 1.19 bits per heavy atom. The number of rotatable bonds is 8. The number of hydrogen-bond acceptors (Lipinski definition) is 6. The lowest BCUT2D eigenvalue weighted by atomic mass is 9.98. The van der Waals surface area contributed by atoms with E-state index in [0.29, 0.717) is 36.6 Å². The zero-order chi connectivity index (χ0) is 20.0. The number of ether oxygens (including phenoxy) is 3. The average Bonchev–Trinajstić information content (AvgIpc) is 2.70. The van der Waals surface area contributed by atoms with Crippen molar-refractivity contribution >= 4 is 15.9 Å². The Balaban J connectivity index is 2.07. The predicted octanol–water partition coefficient (Wildman–Crippen LogP) is 1.39. The summed E-state index contributed by atoms with van der Waals surface area (Å²) in [6, 6.07) is 3.55. The molecule has 1 atom stereocenters. The third kappa shape index (κ3) is 4.84. The van der Waals surface area contributed by atoms with E-state index in [0.717, 1.165) is 5.56 Å². The molecule has 1 aromatic carbocycles. The standard InChI is InChI=1S/C18H28N2O6S/c1-5-27(22,23)20-10-6-7-14(12-20)18(21)19-11-13-8-9-15(24-2)17(26-4)16(13)25-3/h8-9,14H,5-7,10-12H2,1-4H3,(H,19,21)/t14-/m1/s1. The normalized spacial score (nSPS) is 18.0. The molecule has 1 N–H and O–H groups in total. The van der Waals surface area contributed by atoms with Gasteiger partial charge in [-0.05, 0) is 31.9 Å². The maximum absolute atomic E-state index is 12.6. The van der Waals surface area contributed by atoms with Gasteiger partial charge in [0.25, 0.3) is 0 Å². The highest BCUT2D eigenvalue weighted by Gasteiger charge is 2.31. The molecule has 1 aliphatic rings. The maximum atomic E-state index is 12.6. The van der Waals surface area contributed by atoms with Gasteiger partial charge >= 0.3 is 0 Å². The van der Waals surface area contributed by atoms with E-state index in [9.17, 15) is 13.2 Å². The van der Waals surface area contributed by atoms with Crippen molar-refractivity contribution in [1.29, 1.82) is 0 Å². The van der Waals surface area contributed by atoms with Gasteiger partial charge in [-0.3, -0.25) is 4.79 Å². The van der Waals surface area contributed by atoms with E-state index >= 15 is 0 Å². The van der Waals surface area contributed by atoms with Gasteiger partial charge in [0, 0.05) is 25.2 Å². The van der Waals surface area contributed by atoms with Gasteiger partial charge in [0.05, 0.1) is 33.0 Å². The van der Waals surface area contributed by atoms with E-state index in [4.69, 9.17) is 14.2 Å². The van der Waals surface area contributed by atoms with Gasteiger partial charge in [0.2, 0.25) is 21.7 Å². The highest BCUT2D eigenvalue weighted by Crippen LogP contribution is 2.39. The molecule has 1 aliphatic heterocycles. The third-order valence-corrected chi connectivity index (χ3v) is 6.60. The molecular weight excluding hydrogens is 372 g/mol. The lowest BCUT2D eigenvalue weighted by molar-refractivity contribution is -0.126. The molecule has 1 fully saturated rings. The number of methoxy groups -OCH3 is 3. The van der Waals surface area contributed by atoms with Crippen molar-refractivity contribution in [2.75, 3.05) is 40.2 Å². The zero-order valence-corrected chi connectivity index (χ0v) is 17.1. The molecule has 1 heterocycles.